The number of para-hydroxylation sites is 1. The Morgan fingerprint density at radius 3 is 2.52 bits per heavy atom. The van der Waals surface area contributed by atoms with Crippen LogP contribution in [0.3, 0.4) is 0 Å². The third kappa shape index (κ3) is 2.55. The van der Waals surface area contributed by atoms with Crippen molar-refractivity contribution in [3.63, 3.8) is 0 Å². The van der Waals surface area contributed by atoms with Crippen LogP contribution >= 0.6 is 0 Å². The second-order valence-electron chi connectivity index (χ2n) is 5.90. The summed E-state index contributed by atoms with van der Waals surface area (Å²) in [5.41, 5.74) is 3.63. The summed E-state index contributed by atoms with van der Waals surface area (Å²) in [5, 5.41) is 11.1. The van der Waals surface area contributed by atoms with Crippen molar-refractivity contribution >= 4 is 11.4 Å². The van der Waals surface area contributed by atoms with E-state index < -0.39 is 0 Å². The molecule has 1 unspecified atom stereocenters. The Hall–Kier alpha value is -2.46. The van der Waals surface area contributed by atoms with Crippen molar-refractivity contribution in [2.24, 2.45) is 0 Å². The fraction of sp³-hybridized carbons (Fsp3) is 0.263. The molecule has 2 aromatic carbocycles. The third-order valence-corrected chi connectivity index (χ3v) is 4.88. The average Bonchev–Trinajstić information content (AvgIpc) is 2.61. The maximum atomic E-state index is 11.1. The standard InChI is InChI=1S/C19H21N2O2/c1-3-21(4-2)13-12-17(18-10-5-6-11-19(18)21)15-8-7-9-16(14-15)20(22)23/h5-14,17H,3-4H2,1-2H3/q+1. The Morgan fingerprint density at radius 2 is 1.83 bits per heavy atom. The second kappa shape index (κ2) is 5.97. The smallest absolute Gasteiger partial charge is 0.265 e. The van der Waals surface area contributed by atoms with Crippen molar-refractivity contribution in [2.75, 3.05) is 13.1 Å². The fourth-order valence-corrected chi connectivity index (χ4v) is 3.49. The number of nitrogens with zero attached hydrogens (tertiary/aromatic N) is 2. The van der Waals surface area contributed by atoms with E-state index in [-0.39, 0.29) is 16.5 Å². The van der Waals surface area contributed by atoms with Crippen LogP contribution < -0.4 is 4.48 Å². The molecule has 23 heavy (non-hydrogen) atoms. The summed E-state index contributed by atoms with van der Waals surface area (Å²) in [4.78, 5) is 10.7. The topological polar surface area (TPSA) is 43.1 Å². The van der Waals surface area contributed by atoms with E-state index in [4.69, 9.17) is 0 Å². The second-order valence-corrected chi connectivity index (χ2v) is 5.90. The minimum absolute atomic E-state index is 0.0652. The van der Waals surface area contributed by atoms with Gasteiger partial charge in [-0.3, -0.25) is 14.6 Å². The zero-order valence-electron chi connectivity index (χ0n) is 13.5. The van der Waals surface area contributed by atoms with Gasteiger partial charge in [0.25, 0.3) is 5.69 Å². The number of benzene rings is 2. The fourth-order valence-electron chi connectivity index (χ4n) is 3.49. The first kappa shape index (κ1) is 15.4. The number of fused-ring (bicyclic) bond motifs is 1. The minimum atomic E-state index is -0.333. The van der Waals surface area contributed by atoms with Gasteiger partial charge in [0.15, 0.2) is 0 Å². The number of hydrogen-bond donors (Lipinski definition) is 0. The normalized spacial score (nSPS) is 18.4. The van der Waals surface area contributed by atoms with E-state index in [9.17, 15) is 10.1 Å². The zero-order valence-corrected chi connectivity index (χ0v) is 13.5. The van der Waals surface area contributed by atoms with Crippen molar-refractivity contribution < 1.29 is 4.92 Å². The lowest BCUT2D eigenvalue weighted by Gasteiger charge is -2.38. The molecule has 0 radical (unpaired) electrons. The molecule has 2 aromatic rings. The van der Waals surface area contributed by atoms with Crippen LogP contribution in [0.25, 0.3) is 0 Å². The SMILES string of the molecule is CC[N+]1(CC)C=CC(c2cccc([N+](=O)[O-])c2)c2ccccc21. The van der Waals surface area contributed by atoms with Gasteiger partial charge < -0.3 is 0 Å². The van der Waals surface area contributed by atoms with E-state index in [1.54, 1.807) is 18.2 Å². The summed E-state index contributed by atoms with van der Waals surface area (Å²) >= 11 is 0. The van der Waals surface area contributed by atoms with Gasteiger partial charge in [-0.25, -0.2) is 0 Å². The Bertz CT molecular complexity index is 763. The first-order chi connectivity index (χ1) is 11.1. The van der Waals surface area contributed by atoms with Gasteiger partial charge in [-0.2, -0.15) is 0 Å². The van der Waals surface area contributed by atoms with E-state index in [1.165, 1.54) is 11.3 Å². The van der Waals surface area contributed by atoms with Gasteiger partial charge in [0.05, 0.1) is 24.2 Å². The summed E-state index contributed by atoms with van der Waals surface area (Å²) < 4.78 is 0.821. The summed E-state index contributed by atoms with van der Waals surface area (Å²) in [6.45, 7) is 6.37. The van der Waals surface area contributed by atoms with Gasteiger partial charge in [-0.05, 0) is 31.6 Å². The van der Waals surface area contributed by atoms with Gasteiger partial charge in [-0.15, -0.1) is 0 Å². The number of quaternary nitrogens is 1. The van der Waals surface area contributed by atoms with Crippen molar-refractivity contribution in [1.82, 2.24) is 4.48 Å². The molecule has 1 atom stereocenters. The average molecular weight is 309 g/mol. The molecule has 0 aromatic heterocycles. The van der Waals surface area contributed by atoms with Gasteiger partial charge in [-0.1, -0.05) is 30.3 Å². The molecule has 3 rings (SSSR count). The van der Waals surface area contributed by atoms with E-state index >= 15 is 0 Å². The molecular formula is C19H21N2O2+. The lowest BCUT2D eigenvalue weighted by molar-refractivity contribution is -0.384. The summed E-state index contributed by atoms with van der Waals surface area (Å²) in [6.07, 6.45) is 4.43. The van der Waals surface area contributed by atoms with Crippen molar-refractivity contribution in [3.8, 4) is 0 Å². The molecule has 1 aliphatic rings. The van der Waals surface area contributed by atoms with Crippen LogP contribution in [0.15, 0.2) is 60.8 Å². The van der Waals surface area contributed by atoms with Crippen molar-refractivity contribution in [3.05, 3.63) is 82.0 Å². The molecule has 0 saturated heterocycles. The van der Waals surface area contributed by atoms with Crippen LogP contribution in [-0.2, 0) is 0 Å². The summed E-state index contributed by atoms with van der Waals surface area (Å²) in [5.74, 6) is 0.0652. The van der Waals surface area contributed by atoms with E-state index in [0.29, 0.717) is 0 Å². The largest absolute Gasteiger partial charge is 0.269 e. The predicted octanol–water partition coefficient (Wildman–Crippen LogP) is 4.60. The molecule has 0 aliphatic carbocycles. The molecule has 1 heterocycles. The first-order valence-corrected chi connectivity index (χ1v) is 8.01. The molecule has 4 heteroatoms. The first-order valence-electron chi connectivity index (χ1n) is 8.01. The quantitative estimate of drug-likeness (QED) is 0.470. The van der Waals surface area contributed by atoms with Crippen LogP contribution in [0.1, 0.15) is 30.9 Å². The number of nitro groups is 1. The third-order valence-electron chi connectivity index (χ3n) is 4.88. The molecule has 0 fully saturated rings. The Kier molecular flexibility index (Phi) is 4.01. The van der Waals surface area contributed by atoms with E-state index in [0.717, 1.165) is 23.1 Å². The van der Waals surface area contributed by atoms with Gasteiger partial charge in [0.1, 0.15) is 5.69 Å². The number of allylic oxidation sites excluding steroid dienone is 1. The highest BCUT2D eigenvalue weighted by Gasteiger charge is 2.34. The van der Waals surface area contributed by atoms with Crippen molar-refractivity contribution in [1.29, 1.82) is 0 Å². The van der Waals surface area contributed by atoms with Crippen LogP contribution in [0, 0.1) is 10.1 Å². The molecule has 0 amide bonds. The maximum Gasteiger partial charge on any atom is 0.269 e. The highest BCUT2D eigenvalue weighted by Crippen LogP contribution is 2.41. The summed E-state index contributed by atoms with van der Waals surface area (Å²) in [7, 11) is 0. The van der Waals surface area contributed by atoms with Gasteiger partial charge >= 0.3 is 0 Å². The Morgan fingerprint density at radius 1 is 1.09 bits per heavy atom. The highest BCUT2D eigenvalue weighted by molar-refractivity contribution is 5.61. The zero-order chi connectivity index (χ0) is 16.4. The van der Waals surface area contributed by atoms with Crippen LogP contribution in [0.4, 0.5) is 11.4 Å². The summed E-state index contributed by atoms with van der Waals surface area (Å²) in [6, 6.07) is 15.4. The molecule has 0 spiro atoms. The Labute approximate surface area is 136 Å². The number of rotatable bonds is 4. The Balaban J connectivity index is 2.13. The van der Waals surface area contributed by atoms with Crippen LogP contribution in [0.2, 0.25) is 0 Å². The maximum absolute atomic E-state index is 11.1. The van der Waals surface area contributed by atoms with Gasteiger partial charge in [0.2, 0.25) is 0 Å². The number of nitro benzene ring substituents is 1. The monoisotopic (exact) mass is 309 g/mol. The molecule has 0 N–H and O–H groups in total. The molecular weight excluding hydrogens is 288 g/mol. The van der Waals surface area contributed by atoms with Crippen LogP contribution in [0.5, 0.6) is 0 Å². The molecule has 0 saturated carbocycles. The predicted molar refractivity (Wildman–Crippen MR) is 93.4 cm³/mol. The highest BCUT2D eigenvalue weighted by atomic mass is 16.6. The molecule has 4 nitrogen and oxygen atoms in total. The van der Waals surface area contributed by atoms with Crippen molar-refractivity contribution in [2.45, 2.75) is 19.8 Å². The van der Waals surface area contributed by atoms with Crippen LogP contribution in [-0.4, -0.2) is 18.0 Å². The minimum Gasteiger partial charge on any atom is -0.265 e. The lowest BCUT2D eigenvalue weighted by Crippen LogP contribution is -2.45. The molecule has 118 valence electrons. The van der Waals surface area contributed by atoms with Gasteiger partial charge in [0, 0.05) is 23.6 Å². The molecule has 0 bridgehead atoms. The van der Waals surface area contributed by atoms with E-state index in [2.05, 4.69) is 44.3 Å². The number of non-ortho nitro benzene ring substituents is 1. The molecule has 1 aliphatic heterocycles. The lowest BCUT2D eigenvalue weighted by atomic mass is 9.86. The number of hydrogen-bond acceptors (Lipinski definition) is 2. The van der Waals surface area contributed by atoms with E-state index in [1.807, 2.05) is 12.1 Å².